The van der Waals surface area contributed by atoms with E-state index in [1.54, 1.807) is 13.0 Å². The van der Waals surface area contributed by atoms with Crippen molar-refractivity contribution in [1.82, 2.24) is 5.32 Å². The molecular weight excluding hydrogens is 251 g/mol. The lowest BCUT2D eigenvalue weighted by molar-refractivity contribution is -0.141. The van der Waals surface area contributed by atoms with Gasteiger partial charge in [0, 0.05) is 13.6 Å². The molecule has 0 aromatic heterocycles. The molecule has 0 bridgehead atoms. The van der Waals surface area contributed by atoms with Gasteiger partial charge in [0.1, 0.15) is 5.82 Å². The van der Waals surface area contributed by atoms with E-state index in [4.69, 9.17) is 5.11 Å². The van der Waals surface area contributed by atoms with E-state index >= 15 is 0 Å². The van der Waals surface area contributed by atoms with Gasteiger partial charge in [-0.3, -0.25) is 9.69 Å². The van der Waals surface area contributed by atoms with Crippen molar-refractivity contribution in [2.24, 2.45) is 5.92 Å². The summed E-state index contributed by atoms with van der Waals surface area (Å²) >= 11 is 0. The number of para-hydroxylation sites is 1. The van der Waals surface area contributed by atoms with Gasteiger partial charge in [-0.15, -0.1) is 0 Å². The van der Waals surface area contributed by atoms with E-state index in [-0.39, 0.29) is 12.2 Å². The monoisotopic (exact) mass is 268 g/mol. The van der Waals surface area contributed by atoms with E-state index in [1.165, 1.54) is 25.2 Å². The number of carbonyl (C=O) groups is 2. The molecule has 0 spiro atoms. The molecule has 1 unspecified atom stereocenters. The first-order chi connectivity index (χ1) is 8.97. The van der Waals surface area contributed by atoms with Crippen LogP contribution in [0.2, 0.25) is 0 Å². The molecule has 0 saturated carbocycles. The van der Waals surface area contributed by atoms with Crippen molar-refractivity contribution in [2.75, 3.05) is 18.5 Å². The van der Waals surface area contributed by atoms with E-state index in [0.717, 1.165) is 4.90 Å². The fourth-order valence-corrected chi connectivity index (χ4v) is 1.57. The number of hydrogen-bond donors (Lipinski definition) is 2. The zero-order chi connectivity index (χ0) is 14.4. The molecule has 2 N–H and O–H groups in total. The normalized spacial score (nSPS) is 11.7. The first-order valence-corrected chi connectivity index (χ1v) is 5.96. The van der Waals surface area contributed by atoms with Crippen molar-refractivity contribution in [3.63, 3.8) is 0 Å². The highest BCUT2D eigenvalue weighted by Crippen LogP contribution is 2.16. The molecule has 5 nitrogen and oxygen atoms in total. The number of anilines is 1. The SMILES string of the molecule is CCC(CNC(=O)N(C)c1ccccc1F)C(=O)O. The minimum absolute atomic E-state index is 0.0173. The van der Waals surface area contributed by atoms with Crippen molar-refractivity contribution in [2.45, 2.75) is 13.3 Å². The lowest BCUT2D eigenvalue weighted by Crippen LogP contribution is -2.41. The van der Waals surface area contributed by atoms with Crippen LogP contribution in [0, 0.1) is 11.7 Å². The molecule has 1 aromatic carbocycles. The number of nitrogens with one attached hydrogen (secondary N) is 1. The number of benzene rings is 1. The summed E-state index contributed by atoms with van der Waals surface area (Å²) in [6.07, 6.45) is 0.416. The Morgan fingerprint density at radius 3 is 2.58 bits per heavy atom. The van der Waals surface area contributed by atoms with Crippen LogP contribution in [-0.4, -0.2) is 30.7 Å². The number of aliphatic carboxylic acids is 1. The first kappa shape index (κ1) is 14.9. The Hall–Kier alpha value is -2.11. The Labute approximate surface area is 111 Å². The van der Waals surface area contributed by atoms with Gasteiger partial charge in [-0.2, -0.15) is 0 Å². The summed E-state index contributed by atoms with van der Waals surface area (Å²) in [5.41, 5.74) is 0.142. The summed E-state index contributed by atoms with van der Waals surface area (Å²) in [4.78, 5) is 23.7. The Morgan fingerprint density at radius 1 is 1.42 bits per heavy atom. The summed E-state index contributed by atoms with van der Waals surface area (Å²) < 4.78 is 13.5. The largest absolute Gasteiger partial charge is 0.481 e. The van der Waals surface area contributed by atoms with Gasteiger partial charge in [-0.05, 0) is 18.6 Å². The summed E-state index contributed by atoms with van der Waals surface area (Å²) in [6.45, 7) is 1.75. The van der Waals surface area contributed by atoms with Gasteiger partial charge >= 0.3 is 12.0 Å². The zero-order valence-electron chi connectivity index (χ0n) is 10.9. The second-order valence-electron chi connectivity index (χ2n) is 4.14. The average Bonchev–Trinajstić information content (AvgIpc) is 2.38. The molecule has 0 heterocycles. The van der Waals surface area contributed by atoms with Crippen LogP contribution in [0.25, 0.3) is 0 Å². The summed E-state index contributed by atoms with van der Waals surface area (Å²) in [5, 5.41) is 11.3. The Bertz CT molecular complexity index is 465. The number of carboxylic acid groups (broad SMARTS) is 1. The molecule has 0 aliphatic rings. The van der Waals surface area contributed by atoms with Gasteiger partial charge in [0.15, 0.2) is 0 Å². The number of nitrogens with zero attached hydrogens (tertiary/aromatic N) is 1. The molecule has 0 saturated heterocycles. The second-order valence-corrected chi connectivity index (χ2v) is 4.14. The van der Waals surface area contributed by atoms with Crippen LogP contribution in [0.1, 0.15) is 13.3 Å². The molecule has 0 aliphatic heterocycles. The van der Waals surface area contributed by atoms with E-state index in [9.17, 15) is 14.0 Å². The van der Waals surface area contributed by atoms with Crippen LogP contribution in [-0.2, 0) is 4.79 Å². The quantitative estimate of drug-likeness (QED) is 0.859. The van der Waals surface area contributed by atoms with Crippen molar-refractivity contribution >= 4 is 17.7 Å². The van der Waals surface area contributed by atoms with Crippen molar-refractivity contribution in [3.05, 3.63) is 30.1 Å². The van der Waals surface area contributed by atoms with Crippen molar-refractivity contribution in [3.8, 4) is 0 Å². The lowest BCUT2D eigenvalue weighted by Gasteiger charge is -2.20. The molecule has 0 fully saturated rings. The number of rotatable bonds is 5. The van der Waals surface area contributed by atoms with E-state index < -0.39 is 23.7 Å². The highest BCUT2D eigenvalue weighted by atomic mass is 19.1. The van der Waals surface area contributed by atoms with Crippen LogP contribution in [0.5, 0.6) is 0 Å². The fraction of sp³-hybridized carbons (Fsp3) is 0.385. The smallest absolute Gasteiger partial charge is 0.321 e. The average molecular weight is 268 g/mol. The van der Waals surface area contributed by atoms with Crippen LogP contribution >= 0.6 is 0 Å². The number of carbonyl (C=O) groups excluding carboxylic acids is 1. The number of carboxylic acids is 1. The van der Waals surface area contributed by atoms with Gasteiger partial charge in [-0.1, -0.05) is 19.1 Å². The fourth-order valence-electron chi connectivity index (χ4n) is 1.57. The molecule has 104 valence electrons. The maximum absolute atomic E-state index is 13.5. The van der Waals surface area contributed by atoms with Crippen molar-refractivity contribution < 1.29 is 19.1 Å². The number of halogens is 1. The highest BCUT2D eigenvalue weighted by Gasteiger charge is 2.19. The Kier molecular flexibility index (Phi) is 5.29. The predicted molar refractivity (Wildman–Crippen MR) is 69.6 cm³/mol. The predicted octanol–water partition coefficient (Wildman–Crippen LogP) is 2.08. The number of hydrogen-bond acceptors (Lipinski definition) is 2. The van der Waals surface area contributed by atoms with Crippen LogP contribution in [0.3, 0.4) is 0 Å². The summed E-state index contributed by atoms with van der Waals surface area (Å²) in [7, 11) is 1.43. The van der Waals surface area contributed by atoms with E-state index in [1.807, 2.05) is 0 Å². The van der Waals surface area contributed by atoms with Crippen LogP contribution in [0.4, 0.5) is 14.9 Å². The van der Waals surface area contributed by atoms with Gasteiger partial charge < -0.3 is 10.4 Å². The van der Waals surface area contributed by atoms with Gasteiger partial charge in [0.25, 0.3) is 0 Å². The third-order valence-corrected chi connectivity index (χ3v) is 2.86. The molecule has 0 aliphatic carbocycles. The number of urea groups is 1. The highest BCUT2D eigenvalue weighted by molar-refractivity contribution is 5.91. The Balaban J connectivity index is 2.64. The van der Waals surface area contributed by atoms with E-state index in [0.29, 0.717) is 6.42 Å². The van der Waals surface area contributed by atoms with Crippen LogP contribution < -0.4 is 10.2 Å². The standard InChI is InChI=1S/C13H17FN2O3/c1-3-9(12(17)18)8-15-13(19)16(2)11-7-5-4-6-10(11)14/h4-7,9H,3,8H2,1-2H3,(H,15,19)(H,17,18). The molecule has 1 aromatic rings. The maximum Gasteiger partial charge on any atom is 0.321 e. The number of amides is 2. The van der Waals surface area contributed by atoms with Crippen molar-refractivity contribution in [1.29, 1.82) is 0 Å². The van der Waals surface area contributed by atoms with Crippen LogP contribution in [0.15, 0.2) is 24.3 Å². The third kappa shape index (κ3) is 3.94. The summed E-state index contributed by atoms with van der Waals surface area (Å²) in [5.74, 6) is -2.11. The molecule has 6 heteroatoms. The van der Waals surface area contributed by atoms with Gasteiger partial charge in [0.05, 0.1) is 11.6 Å². The Morgan fingerprint density at radius 2 is 2.05 bits per heavy atom. The maximum atomic E-state index is 13.5. The molecule has 0 radical (unpaired) electrons. The van der Waals surface area contributed by atoms with Gasteiger partial charge in [0.2, 0.25) is 0 Å². The second kappa shape index (κ2) is 6.72. The molecular formula is C13H17FN2O3. The summed E-state index contributed by atoms with van der Waals surface area (Å²) in [6, 6.07) is 5.34. The molecule has 2 amide bonds. The molecule has 1 rings (SSSR count). The molecule has 19 heavy (non-hydrogen) atoms. The molecule has 1 atom stereocenters. The van der Waals surface area contributed by atoms with E-state index in [2.05, 4.69) is 5.32 Å². The minimum Gasteiger partial charge on any atom is -0.481 e. The van der Waals surface area contributed by atoms with Gasteiger partial charge in [-0.25, -0.2) is 9.18 Å². The zero-order valence-corrected chi connectivity index (χ0v) is 10.9. The third-order valence-electron chi connectivity index (χ3n) is 2.86. The topological polar surface area (TPSA) is 69.6 Å². The lowest BCUT2D eigenvalue weighted by atomic mass is 10.1. The first-order valence-electron chi connectivity index (χ1n) is 5.96. The minimum atomic E-state index is -0.962.